The van der Waals surface area contributed by atoms with Crippen LogP contribution in [0.2, 0.25) is 0 Å². The number of hydrogen-bond donors (Lipinski definition) is 2. The van der Waals surface area contributed by atoms with Gasteiger partial charge in [-0.2, -0.15) is 0 Å². The minimum atomic E-state index is -0.836. The van der Waals surface area contributed by atoms with Crippen LogP contribution in [0, 0.1) is 5.41 Å². The van der Waals surface area contributed by atoms with E-state index in [-0.39, 0.29) is 6.61 Å². The van der Waals surface area contributed by atoms with E-state index in [1.807, 2.05) is 24.3 Å². The second-order valence-electron chi connectivity index (χ2n) is 7.42. The normalized spacial score (nSPS) is 18.6. The minimum absolute atomic E-state index is 0.207. The molecule has 1 saturated heterocycles. The number of nitrogens with zero attached hydrogens (tertiary/aromatic N) is 2. The molecule has 6 nitrogen and oxygen atoms in total. The van der Waals surface area contributed by atoms with Crippen molar-refractivity contribution in [2.24, 2.45) is 5.41 Å². The number of aliphatic carboxylic acids is 1. The van der Waals surface area contributed by atoms with E-state index in [1.165, 1.54) is 11.1 Å². The smallest absolute Gasteiger partial charge is 0.313 e. The molecule has 1 fully saturated rings. The van der Waals surface area contributed by atoms with Crippen LogP contribution in [0.25, 0.3) is 0 Å². The molecule has 1 aromatic heterocycles. The van der Waals surface area contributed by atoms with Gasteiger partial charge in [0.2, 0.25) is 0 Å². The molecule has 27 heavy (non-hydrogen) atoms. The van der Waals surface area contributed by atoms with Gasteiger partial charge in [0, 0.05) is 37.7 Å². The van der Waals surface area contributed by atoms with Gasteiger partial charge >= 0.3 is 5.97 Å². The van der Waals surface area contributed by atoms with Crippen molar-refractivity contribution in [2.75, 3.05) is 31.1 Å². The van der Waals surface area contributed by atoms with E-state index in [9.17, 15) is 9.90 Å². The molecule has 3 heterocycles. The molecule has 6 heteroatoms. The van der Waals surface area contributed by atoms with E-state index in [1.54, 1.807) is 12.4 Å². The molecule has 0 saturated carbocycles. The molecule has 0 spiro atoms. The first-order valence-electron chi connectivity index (χ1n) is 9.50. The van der Waals surface area contributed by atoms with Crippen molar-refractivity contribution in [3.63, 3.8) is 0 Å². The van der Waals surface area contributed by atoms with Crippen molar-refractivity contribution in [3.8, 4) is 5.75 Å². The maximum atomic E-state index is 12.1. The second kappa shape index (κ2) is 7.56. The number of benzene rings is 1. The minimum Gasteiger partial charge on any atom is -0.492 e. The number of carbonyl (C=O) groups is 1. The van der Waals surface area contributed by atoms with Crippen LogP contribution in [-0.4, -0.2) is 42.3 Å². The Kier molecular flexibility index (Phi) is 4.99. The Morgan fingerprint density at radius 1 is 1.19 bits per heavy atom. The quantitative estimate of drug-likeness (QED) is 0.846. The van der Waals surface area contributed by atoms with Crippen LogP contribution in [0.1, 0.15) is 24.0 Å². The third-order valence-corrected chi connectivity index (χ3v) is 5.78. The van der Waals surface area contributed by atoms with E-state index in [2.05, 4.69) is 21.3 Å². The number of hydrogen-bond acceptors (Lipinski definition) is 5. The summed E-state index contributed by atoms with van der Waals surface area (Å²) < 4.78 is 5.98. The molecule has 2 aliphatic heterocycles. The summed E-state index contributed by atoms with van der Waals surface area (Å²) >= 11 is 0. The molecule has 0 unspecified atom stereocenters. The zero-order valence-corrected chi connectivity index (χ0v) is 15.4. The monoisotopic (exact) mass is 367 g/mol. The molecule has 1 aromatic carbocycles. The number of rotatable bonds is 5. The van der Waals surface area contributed by atoms with E-state index >= 15 is 0 Å². The molecular weight excluding hydrogens is 342 g/mol. The van der Waals surface area contributed by atoms with E-state index in [4.69, 9.17) is 4.74 Å². The molecule has 2 aliphatic rings. The van der Waals surface area contributed by atoms with Gasteiger partial charge in [-0.15, -0.1) is 0 Å². The van der Waals surface area contributed by atoms with Crippen LogP contribution in [0.15, 0.2) is 42.7 Å². The zero-order valence-electron chi connectivity index (χ0n) is 15.4. The van der Waals surface area contributed by atoms with E-state index in [0.29, 0.717) is 25.9 Å². The summed E-state index contributed by atoms with van der Waals surface area (Å²) in [6, 6.07) is 10.0. The summed E-state index contributed by atoms with van der Waals surface area (Å²) in [5.41, 5.74) is 2.85. The number of piperidine rings is 1. The number of nitrogens with one attached hydrogen (secondary N) is 1. The van der Waals surface area contributed by atoms with Gasteiger partial charge in [-0.05, 0) is 61.2 Å². The highest BCUT2D eigenvalue weighted by atomic mass is 16.5. The van der Waals surface area contributed by atoms with Gasteiger partial charge in [0.25, 0.3) is 0 Å². The van der Waals surface area contributed by atoms with Crippen molar-refractivity contribution in [1.82, 2.24) is 10.3 Å². The van der Waals surface area contributed by atoms with E-state index in [0.717, 1.165) is 30.9 Å². The fourth-order valence-electron chi connectivity index (χ4n) is 3.94. The zero-order chi connectivity index (χ0) is 18.7. The van der Waals surface area contributed by atoms with Crippen molar-refractivity contribution < 1.29 is 14.6 Å². The Morgan fingerprint density at radius 3 is 2.70 bits per heavy atom. The molecule has 0 amide bonds. The summed E-state index contributed by atoms with van der Waals surface area (Å²) in [6.07, 6.45) is 5.69. The number of pyridine rings is 1. The summed E-state index contributed by atoms with van der Waals surface area (Å²) in [5.74, 6) is -0.00820. The van der Waals surface area contributed by atoms with Crippen LogP contribution in [0.3, 0.4) is 0 Å². The first-order chi connectivity index (χ1) is 13.2. The molecule has 0 bridgehead atoms. The largest absolute Gasteiger partial charge is 0.492 e. The maximum Gasteiger partial charge on any atom is 0.313 e. The first kappa shape index (κ1) is 17.8. The van der Waals surface area contributed by atoms with Gasteiger partial charge < -0.3 is 20.1 Å². The lowest BCUT2D eigenvalue weighted by Crippen LogP contribution is -2.47. The number of carboxylic acids is 1. The van der Waals surface area contributed by atoms with Crippen molar-refractivity contribution >= 4 is 11.7 Å². The predicted molar refractivity (Wildman–Crippen MR) is 103 cm³/mol. The lowest BCUT2D eigenvalue weighted by Gasteiger charge is -2.39. The Hall–Kier alpha value is -2.60. The summed E-state index contributed by atoms with van der Waals surface area (Å²) in [7, 11) is 0. The third-order valence-electron chi connectivity index (χ3n) is 5.78. The highest BCUT2D eigenvalue weighted by Gasteiger charge is 2.42. The van der Waals surface area contributed by atoms with Crippen molar-refractivity contribution in [3.05, 3.63) is 53.9 Å². The first-order valence-corrected chi connectivity index (χ1v) is 9.50. The Balaban J connectivity index is 1.42. The molecule has 0 radical (unpaired) electrons. The number of aromatic nitrogens is 1. The topological polar surface area (TPSA) is 74.7 Å². The molecule has 4 rings (SSSR count). The number of ether oxygens (including phenoxy) is 1. The Bertz CT molecular complexity index is 802. The summed E-state index contributed by atoms with van der Waals surface area (Å²) in [6.45, 7) is 3.46. The third kappa shape index (κ3) is 3.76. The average molecular weight is 367 g/mol. The Morgan fingerprint density at radius 2 is 1.96 bits per heavy atom. The van der Waals surface area contributed by atoms with Gasteiger partial charge in [-0.25, -0.2) is 0 Å². The van der Waals surface area contributed by atoms with Crippen LogP contribution < -0.4 is 15.0 Å². The number of anilines is 1. The second-order valence-corrected chi connectivity index (χ2v) is 7.42. The van der Waals surface area contributed by atoms with Gasteiger partial charge in [0.05, 0.1) is 0 Å². The van der Waals surface area contributed by atoms with Crippen LogP contribution >= 0.6 is 0 Å². The molecule has 2 N–H and O–H groups in total. The van der Waals surface area contributed by atoms with E-state index < -0.39 is 11.4 Å². The van der Waals surface area contributed by atoms with Crippen LogP contribution in [0.4, 0.5) is 5.69 Å². The molecule has 142 valence electrons. The summed E-state index contributed by atoms with van der Waals surface area (Å²) in [5, 5.41) is 13.3. The van der Waals surface area contributed by atoms with Crippen molar-refractivity contribution in [2.45, 2.75) is 25.8 Å². The molecule has 0 atom stereocenters. The average Bonchev–Trinajstić information content (AvgIpc) is 2.73. The molecule has 2 aromatic rings. The predicted octanol–water partition coefficient (Wildman–Crippen LogP) is 2.48. The summed E-state index contributed by atoms with van der Waals surface area (Å²) in [4.78, 5) is 18.3. The van der Waals surface area contributed by atoms with Gasteiger partial charge in [0.1, 0.15) is 17.8 Å². The standard InChI is InChI=1S/C21H25N3O3/c25-20(26)21(6-11-24(12-7-21)18-4-9-22-10-5-18)15-27-19-2-1-16-3-8-23-14-17(16)13-19/h1-2,4-5,9-10,13,23H,3,6-8,11-12,14-15H2,(H,25,26). The van der Waals surface area contributed by atoms with Gasteiger partial charge in [0.15, 0.2) is 0 Å². The molecule has 0 aliphatic carbocycles. The fraction of sp³-hybridized carbons (Fsp3) is 0.429. The lowest BCUT2D eigenvalue weighted by molar-refractivity contribution is -0.152. The van der Waals surface area contributed by atoms with Gasteiger partial charge in [-0.3, -0.25) is 9.78 Å². The lowest BCUT2D eigenvalue weighted by atomic mass is 9.79. The Labute approximate surface area is 159 Å². The maximum absolute atomic E-state index is 12.1. The number of carboxylic acid groups (broad SMARTS) is 1. The van der Waals surface area contributed by atoms with Gasteiger partial charge in [-0.1, -0.05) is 6.07 Å². The van der Waals surface area contributed by atoms with Crippen LogP contribution in [0.5, 0.6) is 5.75 Å². The highest BCUT2D eigenvalue weighted by molar-refractivity contribution is 5.75. The molecular formula is C21H25N3O3. The number of fused-ring (bicyclic) bond motifs is 1. The fourth-order valence-corrected chi connectivity index (χ4v) is 3.94. The van der Waals surface area contributed by atoms with Crippen molar-refractivity contribution in [1.29, 1.82) is 0 Å². The SMILES string of the molecule is O=C(O)C1(COc2ccc3c(c2)CNCC3)CCN(c2ccncc2)CC1. The highest BCUT2D eigenvalue weighted by Crippen LogP contribution is 2.35. The van der Waals surface area contributed by atoms with Crippen LogP contribution in [-0.2, 0) is 17.8 Å².